The van der Waals surface area contributed by atoms with Gasteiger partial charge in [-0.1, -0.05) is 18.2 Å². The van der Waals surface area contributed by atoms with Gasteiger partial charge in [-0.05, 0) is 48.7 Å². The maximum atomic E-state index is 13.3. The molecule has 3 aromatic rings. The van der Waals surface area contributed by atoms with Crippen molar-refractivity contribution in [3.8, 4) is 11.3 Å². The summed E-state index contributed by atoms with van der Waals surface area (Å²) in [6, 6.07) is 14.4. The first-order chi connectivity index (χ1) is 15.1. The molecule has 162 valence electrons. The molecule has 1 aromatic heterocycles. The monoisotopic (exact) mass is 423 g/mol. The van der Waals surface area contributed by atoms with E-state index >= 15 is 0 Å². The molecule has 4 rings (SSSR count). The van der Waals surface area contributed by atoms with E-state index in [1.807, 2.05) is 12.1 Å². The summed E-state index contributed by atoms with van der Waals surface area (Å²) in [5.74, 6) is -0.637. The average Bonchev–Trinajstić information content (AvgIpc) is 2.75. The highest BCUT2D eigenvalue weighted by Gasteiger charge is 2.18. The second-order valence-electron chi connectivity index (χ2n) is 7.94. The summed E-state index contributed by atoms with van der Waals surface area (Å²) < 4.78 is 26.7. The third-order valence-electron chi connectivity index (χ3n) is 5.52. The molecular formula is C24H27F2N5. The first kappa shape index (κ1) is 21.3. The number of aromatic nitrogens is 2. The molecule has 2 N–H and O–H groups in total. The molecule has 0 spiro atoms. The molecule has 0 radical (unpaired) electrons. The summed E-state index contributed by atoms with van der Waals surface area (Å²) in [4.78, 5) is 11.4. The van der Waals surface area contributed by atoms with Gasteiger partial charge in [0.05, 0.1) is 5.69 Å². The predicted octanol–water partition coefficient (Wildman–Crippen LogP) is 3.87. The molecule has 2 aromatic carbocycles. The number of nitrogens with one attached hydrogen (secondary N) is 2. The topological polar surface area (TPSA) is 53.1 Å². The van der Waals surface area contributed by atoms with E-state index < -0.39 is 11.6 Å². The summed E-state index contributed by atoms with van der Waals surface area (Å²) in [5, 5.41) is 6.57. The van der Waals surface area contributed by atoms with Gasteiger partial charge in [0.2, 0.25) is 5.95 Å². The van der Waals surface area contributed by atoms with Crippen molar-refractivity contribution in [3.05, 3.63) is 77.5 Å². The molecule has 1 aliphatic rings. The van der Waals surface area contributed by atoms with Crippen LogP contribution in [0.15, 0.2) is 54.7 Å². The van der Waals surface area contributed by atoms with Crippen LogP contribution in [0.1, 0.15) is 18.1 Å². The quantitative estimate of drug-likeness (QED) is 0.604. The number of hydrogen-bond donors (Lipinski definition) is 2. The SMILES string of the molecule is C[C@H]1CNCCN1Cc1cccc(-c2ccnc(NCCc3cc(F)cc(F)c3)n2)c1. The number of halogens is 2. The maximum Gasteiger partial charge on any atom is 0.223 e. The molecule has 0 saturated carbocycles. The highest BCUT2D eigenvalue weighted by atomic mass is 19.1. The fourth-order valence-electron chi connectivity index (χ4n) is 3.86. The molecule has 1 atom stereocenters. The number of hydrogen-bond acceptors (Lipinski definition) is 5. The Labute approximate surface area is 181 Å². The first-order valence-corrected chi connectivity index (χ1v) is 10.6. The van der Waals surface area contributed by atoms with Crippen LogP contribution in [0.4, 0.5) is 14.7 Å². The van der Waals surface area contributed by atoms with Gasteiger partial charge >= 0.3 is 0 Å². The molecule has 0 aliphatic carbocycles. The number of piperazine rings is 1. The number of nitrogens with zero attached hydrogens (tertiary/aromatic N) is 3. The molecule has 5 nitrogen and oxygen atoms in total. The Hall–Kier alpha value is -2.90. The summed E-state index contributed by atoms with van der Waals surface area (Å²) >= 11 is 0. The molecule has 7 heteroatoms. The lowest BCUT2D eigenvalue weighted by atomic mass is 10.1. The van der Waals surface area contributed by atoms with Crippen molar-refractivity contribution in [2.75, 3.05) is 31.5 Å². The lowest BCUT2D eigenvalue weighted by molar-refractivity contribution is 0.165. The zero-order valence-electron chi connectivity index (χ0n) is 17.6. The summed E-state index contributed by atoms with van der Waals surface area (Å²) in [6.45, 7) is 6.72. The van der Waals surface area contributed by atoms with Gasteiger partial charge in [-0.2, -0.15) is 0 Å². The molecule has 2 heterocycles. The minimum absolute atomic E-state index is 0.473. The Bertz CT molecular complexity index is 1010. The smallest absolute Gasteiger partial charge is 0.223 e. The Morgan fingerprint density at radius 3 is 2.74 bits per heavy atom. The zero-order valence-corrected chi connectivity index (χ0v) is 17.6. The molecule has 0 bridgehead atoms. The second-order valence-corrected chi connectivity index (χ2v) is 7.94. The highest BCUT2D eigenvalue weighted by molar-refractivity contribution is 5.61. The number of benzene rings is 2. The number of anilines is 1. The Morgan fingerprint density at radius 2 is 1.94 bits per heavy atom. The Morgan fingerprint density at radius 1 is 1.10 bits per heavy atom. The summed E-state index contributed by atoms with van der Waals surface area (Å²) in [6.07, 6.45) is 2.19. The maximum absolute atomic E-state index is 13.3. The van der Waals surface area contributed by atoms with E-state index in [1.54, 1.807) is 6.20 Å². The van der Waals surface area contributed by atoms with Crippen LogP contribution in [0.3, 0.4) is 0 Å². The minimum atomic E-state index is -0.566. The van der Waals surface area contributed by atoms with Gasteiger partial charge in [-0.3, -0.25) is 4.90 Å². The van der Waals surface area contributed by atoms with Crippen molar-refractivity contribution in [2.45, 2.75) is 25.9 Å². The van der Waals surface area contributed by atoms with E-state index in [0.717, 1.165) is 43.5 Å². The van der Waals surface area contributed by atoms with Gasteiger partial charge in [-0.25, -0.2) is 18.7 Å². The average molecular weight is 424 g/mol. The first-order valence-electron chi connectivity index (χ1n) is 10.6. The molecular weight excluding hydrogens is 396 g/mol. The van der Waals surface area contributed by atoms with Gasteiger partial charge in [-0.15, -0.1) is 0 Å². The summed E-state index contributed by atoms with van der Waals surface area (Å²) in [7, 11) is 0. The van der Waals surface area contributed by atoms with Gasteiger partial charge in [0.15, 0.2) is 0 Å². The van der Waals surface area contributed by atoms with Crippen LogP contribution in [0, 0.1) is 11.6 Å². The molecule has 1 saturated heterocycles. The van der Waals surface area contributed by atoms with Gasteiger partial charge in [0.25, 0.3) is 0 Å². The second kappa shape index (κ2) is 9.94. The lowest BCUT2D eigenvalue weighted by Gasteiger charge is -2.33. The molecule has 1 fully saturated rings. The van der Waals surface area contributed by atoms with Crippen LogP contribution in [-0.2, 0) is 13.0 Å². The van der Waals surface area contributed by atoms with Crippen LogP contribution >= 0.6 is 0 Å². The van der Waals surface area contributed by atoms with Crippen LogP contribution in [-0.4, -0.2) is 47.1 Å². The minimum Gasteiger partial charge on any atom is -0.354 e. The van der Waals surface area contributed by atoms with E-state index in [0.29, 0.717) is 30.5 Å². The lowest BCUT2D eigenvalue weighted by Crippen LogP contribution is -2.49. The standard InChI is InChI=1S/C24H27F2N5/c1-17-15-27-9-10-31(17)16-19-3-2-4-20(11-19)23-6-8-29-24(30-23)28-7-5-18-12-21(25)14-22(26)13-18/h2-4,6,8,11-14,17,27H,5,7,9-10,15-16H2,1H3,(H,28,29,30)/t17-/m0/s1. The molecule has 0 unspecified atom stereocenters. The van der Waals surface area contributed by atoms with Crippen LogP contribution in [0.25, 0.3) is 11.3 Å². The normalized spacial score (nSPS) is 16.9. The Kier molecular flexibility index (Phi) is 6.84. The van der Waals surface area contributed by atoms with Crippen LogP contribution in [0.5, 0.6) is 0 Å². The van der Waals surface area contributed by atoms with Crippen molar-refractivity contribution in [2.24, 2.45) is 0 Å². The van der Waals surface area contributed by atoms with E-state index in [2.05, 4.69) is 50.6 Å². The van der Waals surface area contributed by atoms with E-state index in [-0.39, 0.29) is 0 Å². The van der Waals surface area contributed by atoms with Crippen molar-refractivity contribution < 1.29 is 8.78 Å². The van der Waals surface area contributed by atoms with Crippen molar-refractivity contribution in [1.82, 2.24) is 20.2 Å². The fraction of sp³-hybridized carbons (Fsp3) is 0.333. The molecule has 1 aliphatic heterocycles. The van der Waals surface area contributed by atoms with Crippen LogP contribution in [0.2, 0.25) is 0 Å². The highest BCUT2D eigenvalue weighted by Crippen LogP contribution is 2.21. The van der Waals surface area contributed by atoms with Crippen molar-refractivity contribution in [1.29, 1.82) is 0 Å². The molecule has 31 heavy (non-hydrogen) atoms. The van der Waals surface area contributed by atoms with E-state index in [1.165, 1.54) is 17.7 Å². The zero-order chi connectivity index (χ0) is 21.6. The van der Waals surface area contributed by atoms with E-state index in [9.17, 15) is 8.78 Å². The van der Waals surface area contributed by atoms with Crippen molar-refractivity contribution in [3.63, 3.8) is 0 Å². The third-order valence-corrected chi connectivity index (χ3v) is 5.52. The van der Waals surface area contributed by atoms with Gasteiger partial charge in [0.1, 0.15) is 11.6 Å². The number of rotatable bonds is 7. The fourth-order valence-corrected chi connectivity index (χ4v) is 3.86. The van der Waals surface area contributed by atoms with Crippen LogP contribution < -0.4 is 10.6 Å². The van der Waals surface area contributed by atoms with Gasteiger partial charge < -0.3 is 10.6 Å². The largest absolute Gasteiger partial charge is 0.354 e. The van der Waals surface area contributed by atoms with E-state index in [4.69, 9.17) is 0 Å². The third kappa shape index (κ3) is 5.83. The van der Waals surface area contributed by atoms with Gasteiger partial charge in [0, 0.05) is 56.6 Å². The van der Waals surface area contributed by atoms with Crippen molar-refractivity contribution >= 4 is 5.95 Å². The summed E-state index contributed by atoms with van der Waals surface area (Å²) in [5.41, 5.74) is 3.73. The molecule has 0 amide bonds. The predicted molar refractivity (Wildman–Crippen MR) is 119 cm³/mol. The Balaban J connectivity index is 1.40.